The molecule has 0 radical (unpaired) electrons. The molecular formula is C18H19N3O3. The lowest BCUT2D eigenvalue weighted by molar-refractivity contribution is 0.294. The van der Waals surface area contributed by atoms with Gasteiger partial charge in [0.15, 0.2) is 11.5 Å². The van der Waals surface area contributed by atoms with Crippen LogP contribution in [0.1, 0.15) is 35.7 Å². The first kappa shape index (κ1) is 17.3. The fourth-order valence-corrected chi connectivity index (χ4v) is 2.14. The first-order valence-corrected chi connectivity index (χ1v) is 7.59. The van der Waals surface area contributed by atoms with E-state index >= 15 is 0 Å². The summed E-state index contributed by atoms with van der Waals surface area (Å²) in [6, 6.07) is 7.50. The largest absolute Gasteiger partial charge is 0.493 e. The van der Waals surface area contributed by atoms with Crippen LogP contribution >= 0.6 is 0 Å². The Hall–Kier alpha value is -3.07. The lowest BCUT2D eigenvalue weighted by atomic mass is 10.1. The van der Waals surface area contributed by atoms with Crippen molar-refractivity contribution in [1.82, 2.24) is 10.2 Å². The molecule has 0 saturated carbocycles. The van der Waals surface area contributed by atoms with Crippen LogP contribution in [0.15, 0.2) is 23.0 Å². The van der Waals surface area contributed by atoms with E-state index < -0.39 is 5.56 Å². The van der Waals surface area contributed by atoms with E-state index in [2.05, 4.69) is 10.2 Å². The molecule has 0 fully saturated rings. The van der Waals surface area contributed by atoms with Crippen molar-refractivity contribution in [2.45, 2.75) is 20.3 Å². The number of nitriles is 1. The zero-order valence-electron chi connectivity index (χ0n) is 13.9. The summed E-state index contributed by atoms with van der Waals surface area (Å²) in [7, 11) is 1.59. The van der Waals surface area contributed by atoms with E-state index in [1.807, 2.05) is 37.3 Å². The molecule has 0 spiro atoms. The van der Waals surface area contributed by atoms with Gasteiger partial charge in [0.1, 0.15) is 11.6 Å². The van der Waals surface area contributed by atoms with Crippen LogP contribution in [-0.2, 0) is 0 Å². The minimum atomic E-state index is -0.480. The van der Waals surface area contributed by atoms with Gasteiger partial charge in [0.05, 0.1) is 19.4 Å². The van der Waals surface area contributed by atoms with Gasteiger partial charge in [0, 0.05) is 0 Å². The molecule has 1 aromatic heterocycles. The van der Waals surface area contributed by atoms with Crippen LogP contribution in [-0.4, -0.2) is 23.9 Å². The Labute approximate surface area is 140 Å². The first-order valence-electron chi connectivity index (χ1n) is 7.59. The summed E-state index contributed by atoms with van der Waals surface area (Å²) in [5.41, 5.74) is 1.57. The molecule has 2 rings (SSSR count). The lowest BCUT2D eigenvalue weighted by Crippen LogP contribution is -2.15. The SMILES string of the molecule is CCCOc1ccc(/C=C/c2n[nH]c(=O)c(C#N)c2C)cc1OC. The molecule has 0 aliphatic heterocycles. The van der Waals surface area contributed by atoms with E-state index in [1.165, 1.54) is 0 Å². The molecule has 1 heterocycles. The number of nitrogens with zero attached hydrogens (tertiary/aromatic N) is 2. The van der Waals surface area contributed by atoms with Crippen LogP contribution in [0.4, 0.5) is 0 Å². The number of hydrogen-bond donors (Lipinski definition) is 1. The molecule has 2 aromatic rings. The Kier molecular flexibility index (Phi) is 5.74. The Bertz CT molecular complexity index is 848. The van der Waals surface area contributed by atoms with Crippen LogP contribution in [0.3, 0.4) is 0 Å². The number of H-pyrrole nitrogens is 1. The van der Waals surface area contributed by atoms with Gasteiger partial charge in [-0.25, -0.2) is 5.10 Å². The number of rotatable bonds is 6. The van der Waals surface area contributed by atoms with Crippen molar-refractivity contribution in [3.8, 4) is 17.6 Å². The number of nitrogens with one attached hydrogen (secondary N) is 1. The van der Waals surface area contributed by atoms with Crippen LogP contribution in [0.25, 0.3) is 12.2 Å². The van der Waals surface area contributed by atoms with Gasteiger partial charge >= 0.3 is 0 Å². The molecule has 0 aliphatic rings. The zero-order valence-corrected chi connectivity index (χ0v) is 13.9. The highest BCUT2D eigenvalue weighted by molar-refractivity contribution is 5.71. The minimum Gasteiger partial charge on any atom is -0.493 e. The molecule has 124 valence electrons. The quantitative estimate of drug-likeness (QED) is 0.882. The molecule has 1 aromatic carbocycles. The van der Waals surface area contributed by atoms with E-state index in [0.29, 0.717) is 29.4 Å². The molecular weight excluding hydrogens is 306 g/mol. The third-order valence-corrected chi connectivity index (χ3v) is 3.46. The Morgan fingerprint density at radius 1 is 1.33 bits per heavy atom. The van der Waals surface area contributed by atoms with E-state index in [1.54, 1.807) is 20.1 Å². The van der Waals surface area contributed by atoms with Gasteiger partial charge in [-0.15, -0.1) is 0 Å². The number of benzene rings is 1. The summed E-state index contributed by atoms with van der Waals surface area (Å²) in [6.07, 6.45) is 4.50. The molecule has 6 heteroatoms. The number of methoxy groups -OCH3 is 1. The van der Waals surface area contributed by atoms with Crippen molar-refractivity contribution in [2.24, 2.45) is 0 Å². The number of aromatic amines is 1. The standard InChI is InChI=1S/C18H19N3O3/c1-4-9-24-16-8-6-13(10-17(16)23-3)5-7-15-12(2)14(11-19)18(22)21-20-15/h5-8,10H,4,9H2,1-3H3,(H,21,22)/b7-5+. The van der Waals surface area contributed by atoms with Crippen molar-refractivity contribution < 1.29 is 9.47 Å². The summed E-state index contributed by atoms with van der Waals surface area (Å²) < 4.78 is 11.0. The highest BCUT2D eigenvalue weighted by Crippen LogP contribution is 2.29. The molecule has 6 nitrogen and oxygen atoms in total. The van der Waals surface area contributed by atoms with Gasteiger partial charge < -0.3 is 9.47 Å². The second kappa shape index (κ2) is 7.97. The van der Waals surface area contributed by atoms with Crippen LogP contribution < -0.4 is 15.0 Å². The Balaban J connectivity index is 2.30. The summed E-state index contributed by atoms with van der Waals surface area (Å²) in [5.74, 6) is 1.34. The van der Waals surface area contributed by atoms with Crippen molar-refractivity contribution in [2.75, 3.05) is 13.7 Å². The number of ether oxygens (including phenoxy) is 2. The highest BCUT2D eigenvalue weighted by atomic mass is 16.5. The van der Waals surface area contributed by atoms with Gasteiger partial charge in [-0.1, -0.05) is 19.1 Å². The van der Waals surface area contributed by atoms with Gasteiger partial charge in [-0.2, -0.15) is 10.4 Å². The topological polar surface area (TPSA) is 88.0 Å². The molecule has 0 amide bonds. The molecule has 0 atom stereocenters. The second-order valence-corrected chi connectivity index (χ2v) is 5.14. The molecule has 0 bridgehead atoms. The molecule has 24 heavy (non-hydrogen) atoms. The van der Waals surface area contributed by atoms with E-state index in [4.69, 9.17) is 14.7 Å². The molecule has 1 N–H and O–H groups in total. The normalized spacial score (nSPS) is 10.6. The maximum absolute atomic E-state index is 11.5. The lowest BCUT2D eigenvalue weighted by Gasteiger charge is -2.10. The predicted octanol–water partition coefficient (Wildman–Crippen LogP) is 2.92. The van der Waals surface area contributed by atoms with E-state index in [0.717, 1.165) is 12.0 Å². The van der Waals surface area contributed by atoms with Crippen molar-refractivity contribution in [3.63, 3.8) is 0 Å². The average Bonchev–Trinajstić information content (AvgIpc) is 2.60. The van der Waals surface area contributed by atoms with Gasteiger partial charge in [0.2, 0.25) is 0 Å². The summed E-state index contributed by atoms with van der Waals surface area (Å²) in [6.45, 7) is 4.37. The minimum absolute atomic E-state index is 0.0746. The summed E-state index contributed by atoms with van der Waals surface area (Å²) in [4.78, 5) is 11.5. The van der Waals surface area contributed by atoms with Crippen LogP contribution in [0, 0.1) is 18.3 Å². The third kappa shape index (κ3) is 3.82. The predicted molar refractivity (Wildman–Crippen MR) is 92.0 cm³/mol. The smallest absolute Gasteiger partial charge is 0.282 e. The monoisotopic (exact) mass is 325 g/mol. The fraction of sp³-hybridized carbons (Fsp3) is 0.278. The maximum atomic E-state index is 11.5. The van der Waals surface area contributed by atoms with Crippen LogP contribution in [0.2, 0.25) is 0 Å². The Morgan fingerprint density at radius 3 is 2.79 bits per heavy atom. The second-order valence-electron chi connectivity index (χ2n) is 5.14. The van der Waals surface area contributed by atoms with Gasteiger partial charge in [0.25, 0.3) is 5.56 Å². The number of aromatic nitrogens is 2. The molecule has 0 aliphatic carbocycles. The van der Waals surface area contributed by atoms with Crippen LogP contribution in [0.5, 0.6) is 11.5 Å². The highest BCUT2D eigenvalue weighted by Gasteiger charge is 2.08. The average molecular weight is 325 g/mol. The zero-order chi connectivity index (χ0) is 17.5. The first-order chi connectivity index (χ1) is 11.6. The third-order valence-electron chi connectivity index (χ3n) is 3.46. The number of hydrogen-bond acceptors (Lipinski definition) is 5. The fourth-order valence-electron chi connectivity index (χ4n) is 2.14. The molecule has 0 unspecified atom stereocenters. The van der Waals surface area contributed by atoms with Gasteiger partial charge in [-0.05, 0) is 42.7 Å². The maximum Gasteiger partial charge on any atom is 0.282 e. The molecule has 0 saturated heterocycles. The van der Waals surface area contributed by atoms with Crippen molar-refractivity contribution in [3.05, 3.63) is 50.9 Å². The summed E-state index contributed by atoms with van der Waals surface area (Å²) in [5, 5.41) is 15.3. The van der Waals surface area contributed by atoms with E-state index in [-0.39, 0.29) is 5.56 Å². The summed E-state index contributed by atoms with van der Waals surface area (Å²) >= 11 is 0. The van der Waals surface area contributed by atoms with Crippen molar-refractivity contribution >= 4 is 12.2 Å². The Morgan fingerprint density at radius 2 is 2.12 bits per heavy atom. The van der Waals surface area contributed by atoms with Crippen molar-refractivity contribution in [1.29, 1.82) is 5.26 Å². The van der Waals surface area contributed by atoms with Gasteiger partial charge in [-0.3, -0.25) is 4.79 Å². The van der Waals surface area contributed by atoms with E-state index in [9.17, 15) is 4.79 Å².